The van der Waals surface area contributed by atoms with Gasteiger partial charge >= 0.3 is 0 Å². The number of hydrogen-bond acceptors (Lipinski definition) is 3. The van der Waals surface area contributed by atoms with Crippen LogP contribution in [0.4, 0.5) is 15.8 Å². The van der Waals surface area contributed by atoms with Crippen LogP contribution in [0, 0.1) is 11.7 Å². The second kappa shape index (κ2) is 8.99. The predicted molar refractivity (Wildman–Crippen MR) is 115 cm³/mol. The van der Waals surface area contributed by atoms with E-state index in [2.05, 4.69) is 5.32 Å². The highest BCUT2D eigenvalue weighted by Gasteiger charge is 2.34. The molecule has 2 fully saturated rings. The molecule has 1 heterocycles. The van der Waals surface area contributed by atoms with Gasteiger partial charge in [0.1, 0.15) is 11.2 Å². The van der Waals surface area contributed by atoms with Crippen LogP contribution < -0.4 is 10.2 Å². The summed E-state index contributed by atoms with van der Waals surface area (Å²) in [4.78, 5) is 26.4. The highest BCUT2D eigenvalue weighted by atomic mass is 32.2. The van der Waals surface area contributed by atoms with Crippen molar-refractivity contribution in [3.05, 3.63) is 59.9 Å². The number of amides is 2. The van der Waals surface area contributed by atoms with Crippen molar-refractivity contribution in [2.45, 2.75) is 43.9 Å². The molecule has 1 saturated carbocycles. The molecule has 4 nitrogen and oxygen atoms in total. The molecule has 0 bridgehead atoms. The van der Waals surface area contributed by atoms with E-state index in [1.54, 1.807) is 17.0 Å². The summed E-state index contributed by atoms with van der Waals surface area (Å²) in [6.45, 7) is 0. The number of carbonyl (C=O) groups is 2. The summed E-state index contributed by atoms with van der Waals surface area (Å²) in [6.07, 6.45) is 6.55. The van der Waals surface area contributed by atoms with Gasteiger partial charge in [-0.25, -0.2) is 4.39 Å². The number of nitrogens with one attached hydrogen (secondary N) is 1. The molecule has 4 rings (SSSR count). The van der Waals surface area contributed by atoms with E-state index in [4.69, 9.17) is 0 Å². The fourth-order valence-corrected chi connectivity index (χ4v) is 5.37. The average Bonchev–Trinajstić information content (AvgIpc) is 3.36. The minimum Gasteiger partial charge on any atom is -0.326 e. The molecular weight excluding hydrogens is 387 g/mol. The Bertz CT molecular complexity index is 898. The molecule has 0 radical (unpaired) electrons. The highest BCUT2D eigenvalue weighted by molar-refractivity contribution is 8.00. The second-order valence-electron chi connectivity index (χ2n) is 7.77. The third-order valence-electron chi connectivity index (χ3n) is 5.66. The molecule has 29 heavy (non-hydrogen) atoms. The zero-order valence-electron chi connectivity index (χ0n) is 16.3. The fraction of sp³-hybridized carbons (Fsp3) is 0.391. The van der Waals surface area contributed by atoms with E-state index >= 15 is 0 Å². The number of nitrogens with zero attached hydrogens (tertiary/aromatic N) is 1. The van der Waals surface area contributed by atoms with Gasteiger partial charge in [-0.2, -0.15) is 0 Å². The molecule has 1 saturated heterocycles. The summed E-state index contributed by atoms with van der Waals surface area (Å²) >= 11 is 1.51. The van der Waals surface area contributed by atoms with Crippen LogP contribution in [-0.4, -0.2) is 17.6 Å². The van der Waals surface area contributed by atoms with Crippen LogP contribution in [0.5, 0.6) is 0 Å². The lowest BCUT2D eigenvalue weighted by Gasteiger charge is -2.24. The second-order valence-corrected chi connectivity index (χ2v) is 8.84. The van der Waals surface area contributed by atoms with E-state index in [9.17, 15) is 14.0 Å². The Morgan fingerprint density at radius 1 is 1.14 bits per heavy atom. The number of benzene rings is 2. The summed E-state index contributed by atoms with van der Waals surface area (Å²) in [5.41, 5.74) is 2.20. The standard InChI is InChI=1S/C23H25FN2O2S/c24-18-8-4-10-20(14-18)26-22(28)15-29-23(26)17-7-3-9-19(13-17)25-21(27)12-11-16-5-1-2-6-16/h3-4,7-10,13-14,16,23H,1-2,5-6,11-12,15H2,(H,25,27)/t23-/m0/s1. The Labute approximate surface area is 174 Å². The van der Waals surface area contributed by atoms with Crippen molar-refractivity contribution in [2.75, 3.05) is 16.0 Å². The molecule has 1 aliphatic heterocycles. The van der Waals surface area contributed by atoms with E-state index in [1.807, 2.05) is 24.3 Å². The molecule has 0 spiro atoms. The minimum absolute atomic E-state index is 0.0335. The molecule has 0 aromatic heterocycles. The third-order valence-corrected chi connectivity index (χ3v) is 6.88. The molecule has 2 amide bonds. The lowest BCUT2D eigenvalue weighted by molar-refractivity contribution is -0.117. The lowest BCUT2D eigenvalue weighted by Crippen LogP contribution is -2.27. The first-order valence-electron chi connectivity index (χ1n) is 10.2. The summed E-state index contributed by atoms with van der Waals surface area (Å²) < 4.78 is 13.7. The van der Waals surface area contributed by atoms with E-state index in [1.165, 1.54) is 49.6 Å². The molecule has 152 valence electrons. The fourth-order valence-electron chi connectivity index (χ4n) is 4.20. The molecule has 6 heteroatoms. The molecular formula is C23H25FN2O2S. The van der Waals surface area contributed by atoms with Gasteiger partial charge in [0.15, 0.2) is 0 Å². The Kier molecular flexibility index (Phi) is 6.19. The van der Waals surface area contributed by atoms with Crippen LogP contribution in [0.25, 0.3) is 0 Å². The molecule has 2 aromatic rings. The number of thioether (sulfide) groups is 1. The smallest absolute Gasteiger partial charge is 0.238 e. The van der Waals surface area contributed by atoms with E-state index in [-0.39, 0.29) is 23.0 Å². The first-order chi connectivity index (χ1) is 14.1. The van der Waals surface area contributed by atoms with Crippen molar-refractivity contribution in [2.24, 2.45) is 5.92 Å². The van der Waals surface area contributed by atoms with Crippen LogP contribution in [0.2, 0.25) is 0 Å². The van der Waals surface area contributed by atoms with Crippen LogP contribution in [0.1, 0.15) is 49.5 Å². The summed E-state index contributed by atoms with van der Waals surface area (Å²) in [5.74, 6) is 0.656. The van der Waals surface area contributed by atoms with Crippen molar-refractivity contribution in [1.82, 2.24) is 0 Å². The Hall–Kier alpha value is -2.34. The largest absolute Gasteiger partial charge is 0.326 e. The van der Waals surface area contributed by atoms with Crippen molar-refractivity contribution in [3.8, 4) is 0 Å². The lowest BCUT2D eigenvalue weighted by atomic mass is 10.0. The molecule has 2 aromatic carbocycles. The monoisotopic (exact) mass is 412 g/mol. The molecule has 1 aliphatic carbocycles. The van der Waals surface area contributed by atoms with Gasteiger partial charge in [-0.1, -0.05) is 43.9 Å². The van der Waals surface area contributed by atoms with Gasteiger partial charge in [0.2, 0.25) is 11.8 Å². The van der Waals surface area contributed by atoms with E-state index in [0.29, 0.717) is 23.8 Å². The molecule has 0 unspecified atom stereocenters. The van der Waals surface area contributed by atoms with Crippen LogP contribution in [0.3, 0.4) is 0 Å². The summed E-state index contributed by atoms with van der Waals surface area (Å²) in [5, 5.41) is 2.76. The van der Waals surface area contributed by atoms with Gasteiger partial charge in [0.05, 0.1) is 5.75 Å². The van der Waals surface area contributed by atoms with Gasteiger partial charge in [0, 0.05) is 17.8 Å². The van der Waals surface area contributed by atoms with Crippen LogP contribution >= 0.6 is 11.8 Å². The molecule has 2 aliphatic rings. The predicted octanol–water partition coefficient (Wildman–Crippen LogP) is 5.51. The minimum atomic E-state index is -0.366. The van der Waals surface area contributed by atoms with Crippen molar-refractivity contribution in [3.63, 3.8) is 0 Å². The Morgan fingerprint density at radius 2 is 1.93 bits per heavy atom. The maximum absolute atomic E-state index is 13.7. The maximum atomic E-state index is 13.7. The SMILES string of the molecule is O=C(CCC1CCCC1)Nc1cccc([C@@H]2SCC(=O)N2c2cccc(F)c2)c1. The van der Waals surface area contributed by atoms with Crippen LogP contribution in [0.15, 0.2) is 48.5 Å². The topological polar surface area (TPSA) is 49.4 Å². The molecule has 1 N–H and O–H groups in total. The zero-order valence-corrected chi connectivity index (χ0v) is 17.1. The maximum Gasteiger partial charge on any atom is 0.238 e. The zero-order chi connectivity index (χ0) is 20.2. The quantitative estimate of drug-likeness (QED) is 0.680. The number of halogens is 1. The van der Waals surface area contributed by atoms with Crippen molar-refractivity contribution in [1.29, 1.82) is 0 Å². The van der Waals surface area contributed by atoms with Crippen molar-refractivity contribution >= 4 is 35.0 Å². The summed E-state index contributed by atoms with van der Waals surface area (Å²) in [7, 11) is 0. The van der Waals surface area contributed by atoms with E-state index in [0.717, 1.165) is 17.7 Å². The third kappa shape index (κ3) is 4.81. The average molecular weight is 413 g/mol. The van der Waals surface area contributed by atoms with Gasteiger partial charge in [-0.15, -0.1) is 11.8 Å². The first-order valence-corrected chi connectivity index (χ1v) is 11.2. The van der Waals surface area contributed by atoms with Gasteiger partial charge in [-0.3, -0.25) is 14.5 Å². The number of anilines is 2. The normalized spacial score (nSPS) is 19.7. The number of hydrogen-bond donors (Lipinski definition) is 1. The molecule has 1 atom stereocenters. The summed E-state index contributed by atoms with van der Waals surface area (Å²) in [6, 6.07) is 13.7. The Morgan fingerprint density at radius 3 is 2.72 bits per heavy atom. The Balaban J connectivity index is 1.45. The number of rotatable bonds is 6. The van der Waals surface area contributed by atoms with Gasteiger partial charge in [0.25, 0.3) is 0 Å². The highest BCUT2D eigenvalue weighted by Crippen LogP contribution is 2.42. The number of carbonyl (C=O) groups excluding carboxylic acids is 2. The van der Waals surface area contributed by atoms with E-state index < -0.39 is 0 Å². The van der Waals surface area contributed by atoms with Crippen LogP contribution in [-0.2, 0) is 9.59 Å². The van der Waals surface area contributed by atoms with Crippen molar-refractivity contribution < 1.29 is 14.0 Å². The first kappa shape index (κ1) is 20.0. The van der Waals surface area contributed by atoms with Gasteiger partial charge < -0.3 is 5.32 Å². The van der Waals surface area contributed by atoms with Gasteiger partial charge in [-0.05, 0) is 48.2 Å².